The molecule has 5 rings (SSSR count). The quantitative estimate of drug-likeness (QED) is 0.390. The van der Waals surface area contributed by atoms with Crippen molar-refractivity contribution < 1.29 is 13.9 Å². The van der Waals surface area contributed by atoms with E-state index < -0.39 is 0 Å². The van der Waals surface area contributed by atoms with E-state index in [1.54, 1.807) is 0 Å². The molecule has 10 heteroatoms. The highest BCUT2D eigenvalue weighted by molar-refractivity contribution is 7.46. The van der Waals surface area contributed by atoms with Gasteiger partial charge < -0.3 is 24.3 Å². The number of carbonyl (C=O) groups excluding carboxylic acids is 1. The number of rotatable bonds is 9. The standard InChI is InChI=1S/C28H35ClN5O3P/c1-4-22(30-2)26(35)34(15-19-6-9-21(29)10-7-19)23-14-20(8-11-24(23)38-3)25-31-32-27(37-25)33-16-28(17-33)12-5-13-36-18-28/h6-11,14,22,30,38H,4-5,12-13,15-18H2,1-3H3/t22-/m0/s1. The summed E-state index contributed by atoms with van der Waals surface area (Å²) in [5.74, 6) is 0.473. The van der Waals surface area contributed by atoms with E-state index in [1.807, 2.05) is 55.3 Å². The van der Waals surface area contributed by atoms with E-state index in [2.05, 4.69) is 33.1 Å². The van der Waals surface area contributed by atoms with Gasteiger partial charge in [-0.05, 0) is 68.1 Å². The molecule has 1 spiro atoms. The average molecular weight is 556 g/mol. The number of nitrogens with zero attached hydrogens (tertiary/aromatic N) is 4. The molecule has 1 N–H and O–H groups in total. The van der Waals surface area contributed by atoms with Crippen LogP contribution in [0.15, 0.2) is 46.9 Å². The van der Waals surface area contributed by atoms with Crippen molar-refractivity contribution in [3.05, 3.63) is 53.1 Å². The van der Waals surface area contributed by atoms with Gasteiger partial charge in [0, 0.05) is 35.7 Å². The maximum atomic E-state index is 13.8. The predicted octanol–water partition coefficient (Wildman–Crippen LogP) is 4.47. The fourth-order valence-electron chi connectivity index (χ4n) is 5.36. The molecule has 0 aliphatic carbocycles. The Morgan fingerprint density at radius 3 is 2.68 bits per heavy atom. The minimum Gasteiger partial charge on any atom is -0.403 e. The van der Waals surface area contributed by atoms with Crippen LogP contribution in [0.2, 0.25) is 5.02 Å². The Labute approximate surface area is 230 Å². The molecule has 2 aromatic carbocycles. The fraction of sp³-hybridized carbons (Fsp3) is 0.464. The van der Waals surface area contributed by atoms with Gasteiger partial charge in [0.2, 0.25) is 11.8 Å². The number of likely N-dealkylation sites (N-methyl/N-ethyl adjacent to an activating group) is 1. The van der Waals surface area contributed by atoms with Crippen LogP contribution in [0, 0.1) is 5.41 Å². The summed E-state index contributed by atoms with van der Waals surface area (Å²) in [6, 6.07) is 13.9. The molecule has 1 unspecified atom stereocenters. The number of carbonyl (C=O) groups is 1. The summed E-state index contributed by atoms with van der Waals surface area (Å²) in [4.78, 5) is 17.7. The van der Waals surface area contributed by atoms with E-state index in [1.165, 1.54) is 6.42 Å². The Bertz CT molecular complexity index is 1250. The molecule has 0 bridgehead atoms. The van der Waals surface area contributed by atoms with Gasteiger partial charge in [0.05, 0.1) is 24.9 Å². The number of amides is 1. The zero-order valence-corrected chi connectivity index (χ0v) is 23.9. The van der Waals surface area contributed by atoms with Gasteiger partial charge in [0.15, 0.2) is 0 Å². The Kier molecular flexibility index (Phi) is 8.34. The number of nitrogens with one attached hydrogen (secondary N) is 1. The second kappa shape index (κ2) is 11.7. The number of halogens is 1. The van der Waals surface area contributed by atoms with Crippen molar-refractivity contribution in [2.75, 3.05) is 49.8 Å². The summed E-state index contributed by atoms with van der Waals surface area (Å²) in [5, 5.41) is 13.6. The zero-order valence-electron chi connectivity index (χ0n) is 22.2. The number of hydrogen-bond acceptors (Lipinski definition) is 7. The molecule has 202 valence electrons. The predicted molar refractivity (Wildman–Crippen MR) is 154 cm³/mol. The molecule has 2 aliphatic rings. The molecular weight excluding hydrogens is 521 g/mol. The normalized spacial score (nSPS) is 17.6. The minimum atomic E-state index is -0.295. The van der Waals surface area contributed by atoms with Gasteiger partial charge in [0.1, 0.15) is 0 Å². The third-order valence-electron chi connectivity index (χ3n) is 7.52. The van der Waals surface area contributed by atoms with Crippen LogP contribution in [0.4, 0.5) is 11.7 Å². The highest BCUT2D eigenvalue weighted by Gasteiger charge is 2.46. The first-order valence-corrected chi connectivity index (χ1v) is 15.0. The first kappa shape index (κ1) is 27.1. The van der Waals surface area contributed by atoms with Crippen molar-refractivity contribution in [2.24, 2.45) is 5.41 Å². The highest BCUT2D eigenvalue weighted by atomic mass is 35.5. The van der Waals surface area contributed by atoms with Gasteiger partial charge >= 0.3 is 6.01 Å². The highest BCUT2D eigenvalue weighted by Crippen LogP contribution is 2.40. The van der Waals surface area contributed by atoms with Gasteiger partial charge in [-0.2, -0.15) is 0 Å². The van der Waals surface area contributed by atoms with Crippen LogP contribution >= 0.6 is 20.2 Å². The molecule has 3 heterocycles. The van der Waals surface area contributed by atoms with E-state index in [0.717, 1.165) is 54.8 Å². The van der Waals surface area contributed by atoms with Crippen LogP contribution < -0.4 is 20.4 Å². The molecule has 2 aliphatic heterocycles. The zero-order chi connectivity index (χ0) is 26.7. The number of ether oxygens (including phenoxy) is 1. The molecule has 2 fully saturated rings. The Hall–Kier alpha value is -2.51. The SMILES string of the molecule is CC[C@H](NC)C(=O)N(Cc1ccc(Cl)cc1)c1cc(-c2nnc(N3CC4(CCCOC4)C3)o2)ccc1PC. The maximum Gasteiger partial charge on any atom is 0.318 e. The van der Waals surface area contributed by atoms with Crippen LogP contribution in [0.1, 0.15) is 31.7 Å². The lowest BCUT2D eigenvalue weighted by Gasteiger charge is -2.50. The van der Waals surface area contributed by atoms with Gasteiger partial charge in [-0.25, -0.2) is 0 Å². The van der Waals surface area contributed by atoms with Crippen molar-refractivity contribution in [2.45, 2.75) is 38.8 Å². The average Bonchev–Trinajstić information content (AvgIpc) is 3.42. The van der Waals surface area contributed by atoms with E-state index in [0.29, 0.717) is 38.5 Å². The molecule has 8 nitrogen and oxygen atoms in total. The molecule has 2 atom stereocenters. The van der Waals surface area contributed by atoms with Crippen LogP contribution in [0.5, 0.6) is 0 Å². The fourth-order valence-corrected chi connectivity index (χ4v) is 6.20. The molecule has 1 aromatic heterocycles. The third kappa shape index (κ3) is 5.59. The number of anilines is 2. The molecule has 0 radical (unpaired) electrons. The smallest absolute Gasteiger partial charge is 0.318 e. The van der Waals surface area contributed by atoms with Crippen molar-refractivity contribution >= 4 is 43.1 Å². The molecular formula is C28H35ClN5O3P. The first-order chi connectivity index (χ1) is 18.4. The molecule has 0 saturated carbocycles. The molecule has 38 heavy (non-hydrogen) atoms. The monoisotopic (exact) mass is 555 g/mol. The maximum absolute atomic E-state index is 13.8. The van der Waals surface area contributed by atoms with E-state index >= 15 is 0 Å². The third-order valence-corrected chi connectivity index (χ3v) is 8.73. The second-order valence-corrected chi connectivity index (χ2v) is 11.7. The first-order valence-electron chi connectivity index (χ1n) is 13.2. The van der Waals surface area contributed by atoms with Crippen molar-refractivity contribution in [1.82, 2.24) is 15.5 Å². The van der Waals surface area contributed by atoms with Gasteiger partial charge in [-0.15, -0.1) is 5.10 Å². The summed E-state index contributed by atoms with van der Waals surface area (Å²) in [5.41, 5.74) is 2.88. The Morgan fingerprint density at radius 2 is 2.03 bits per heavy atom. The minimum absolute atomic E-state index is 0.0217. The summed E-state index contributed by atoms with van der Waals surface area (Å²) < 4.78 is 11.8. The Balaban J connectivity index is 1.43. The second-order valence-electron chi connectivity index (χ2n) is 10.2. The van der Waals surface area contributed by atoms with Gasteiger partial charge in [0.25, 0.3) is 0 Å². The topological polar surface area (TPSA) is 83.7 Å². The van der Waals surface area contributed by atoms with Crippen LogP contribution in [-0.2, 0) is 16.1 Å². The Morgan fingerprint density at radius 1 is 1.24 bits per heavy atom. The van der Waals surface area contributed by atoms with Crippen molar-refractivity contribution in [1.29, 1.82) is 0 Å². The number of hydrogen-bond donors (Lipinski definition) is 1. The van der Waals surface area contributed by atoms with Crippen LogP contribution in [-0.4, -0.2) is 62.2 Å². The van der Waals surface area contributed by atoms with E-state index in [4.69, 9.17) is 20.8 Å². The lowest BCUT2D eigenvalue weighted by molar-refractivity contribution is -0.120. The van der Waals surface area contributed by atoms with E-state index in [9.17, 15) is 4.79 Å². The molecule has 3 aromatic rings. The summed E-state index contributed by atoms with van der Waals surface area (Å²) in [6.07, 6.45) is 2.97. The van der Waals surface area contributed by atoms with Crippen molar-refractivity contribution in [3.63, 3.8) is 0 Å². The van der Waals surface area contributed by atoms with Crippen LogP contribution in [0.25, 0.3) is 11.5 Å². The summed E-state index contributed by atoms with van der Waals surface area (Å²) in [6.45, 7) is 7.98. The number of benzene rings is 2. The van der Waals surface area contributed by atoms with Gasteiger partial charge in [-0.3, -0.25) is 4.79 Å². The van der Waals surface area contributed by atoms with Crippen molar-refractivity contribution in [3.8, 4) is 11.5 Å². The molecule has 1 amide bonds. The van der Waals surface area contributed by atoms with Gasteiger partial charge in [-0.1, -0.05) is 50.4 Å². The van der Waals surface area contributed by atoms with Crippen LogP contribution in [0.3, 0.4) is 0 Å². The summed E-state index contributed by atoms with van der Waals surface area (Å²) in [7, 11) is 2.33. The van der Waals surface area contributed by atoms with E-state index in [-0.39, 0.29) is 17.4 Å². The molecule has 2 saturated heterocycles. The summed E-state index contributed by atoms with van der Waals surface area (Å²) >= 11 is 6.12. The lowest BCUT2D eigenvalue weighted by atomic mass is 9.76. The number of aromatic nitrogens is 2. The lowest BCUT2D eigenvalue weighted by Crippen LogP contribution is -2.60. The largest absolute Gasteiger partial charge is 0.403 e.